The van der Waals surface area contributed by atoms with Crippen molar-refractivity contribution in [2.45, 2.75) is 26.3 Å². The van der Waals surface area contributed by atoms with E-state index in [2.05, 4.69) is 22.9 Å². The van der Waals surface area contributed by atoms with Gasteiger partial charge in [-0.3, -0.25) is 4.79 Å². The number of nitrogens with one attached hydrogen (secondary N) is 3. The zero-order valence-corrected chi connectivity index (χ0v) is 11.9. The molecule has 0 heterocycles. The van der Waals surface area contributed by atoms with E-state index in [1.54, 1.807) is 12.1 Å². The zero-order valence-electron chi connectivity index (χ0n) is 11.9. The minimum absolute atomic E-state index is 0.0368. The molecule has 0 aliphatic heterocycles. The predicted octanol–water partition coefficient (Wildman–Crippen LogP) is 1.35. The highest BCUT2D eigenvalue weighted by Gasteiger charge is 2.09. The number of carbonyl (C=O) groups excluding carboxylic acids is 2. The van der Waals surface area contributed by atoms with Gasteiger partial charge in [-0.15, -0.1) is 0 Å². The monoisotopic (exact) mass is 278 g/mol. The number of rotatable bonds is 7. The van der Waals surface area contributed by atoms with Crippen LogP contribution < -0.4 is 21.7 Å². The maximum Gasteiger partial charge on any atom is 0.316 e. The van der Waals surface area contributed by atoms with Crippen LogP contribution in [0.2, 0.25) is 0 Å². The molecule has 1 atom stereocenters. The summed E-state index contributed by atoms with van der Waals surface area (Å²) in [5.74, 6) is -0.0368. The summed E-state index contributed by atoms with van der Waals surface area (Å²) in [7, 11) is 0. The molecule has 6 nitrogen and oxygen atoms in total. The first-order valence-electron chi connectivity index (χ1n) is 6.69. The first-order valence-corrected chi connectivity index (χ1v) is 6.69. The molecule has 20 heavy (non-hydrogen) atoms. The number of urea groups is 1. The van der Waals surface area contributed by atoms with Crippen LogP contribution in [-0.2, 0) is 4.79 Å². The molecule has 0 aliphatic rings. The van der Waals surface area contributed by atoms with Crippen LogP contribution in [0.3, 0.4) is 0 Å². The van der Waals surface area contributed by atoms with Gasteiger partial charge >= 0.3 is 6.03 Å². The Morgan fingerprint density at radius 1 is 1.25 bits per heavy atom. The van der Waals surface area contributed by atoms with Gasteiger partial charge in [-0.25, -0.2) is 4.79 Å². The molecule has 1 rings (SSSR count). The highest BCUT2D eigenvalue weighted by atomic mass is 16.2. The van der Waals surface area contributed by atoms with E-state index in [-0.39, 0.29) is 11.9 Å². The standard InChI is InChI=1S/C14H22N4O2/c1-3-8-16-9-13(19)17-10(2)11-4-6-12(7-5-11)18-14(15)20/h4-7,10,16H,3,8-9H2,1-2H3,(H,17,19)(H3,15,18,20). The minimum atomic E-state index is -0.596. The molecule has 3 amide bonds. The number of benzene rings is 1. The third-order valence-corrected chi connectivity index (χ3v) is 2.77. The topological polar surface area (TPSA) is 96.2 Å². The molecule has 0 saturated heterocycles. The van der Waals surface area contributed by atoms with Crippen molar-refractivity contribution in [3.8, 4) is 0 Å². The van der Waals surface area contributed by atoms with Gasteiger partial charge < -0.3 is 21.7 Å². The molecular weight excluding hydrogens is 256 g/mol. The van der Waals surface area contributed by atoms with Crippen LogP contribution >= 0.6 is 0 Å². The van der Waals surface area contributed by atoms with Gasteiger partial charge in [0.1, 0.15) is 0 Å². The summed E-state index contributed by atoms with van der Waals surface area (Å²) in [5, 5.41) is 8.44. The number of nitrogens with two attached hydrogens (primary N) is 1. The van der Waals surface area contributed by atoms with Gasteiger partial charge in [0.05, 0.1) is 12.6 Å². The number of primary amides is 1. The predicted molar refractivity (Wildman–Crippen MR) is 79.4 cm³/mol. The number of hydrogen-bond acceptors (Lipinski definition) is 3. The SMILES string of the molecule is CCCNCC(=O)NC(C)c1ccc(NC(N)=O)cc1. The van der Waals surface area contributed by atoms with Crippen molar-refractivity contribution in [3.05, 3.63) is 29.8 Å². The molecule has 1 aromatic carbocycles. The van der Waals surface area contributed by atoms with E-state index in [0.29, 0.717) is 12.2 Å². The van der Waals surface area contributed by atoms with Crippen LogP contribution in [0.25, 0.3) is 0 Å². The van der Waals surface area contributed by atoms with Crippen LogP contribution in [-0.4, -0.2) is 25.0 Å². The van der Waals surface area contributed by atoms with E-state index in [1.165, 1.54) is 0 Å². The van der Waals surface area contributed by atoms with Gasteiger partial charge in [0.15, 0.2) is 0 Å². The van der Waals surface area contributed by atoms with Gasteiger partial charge in [0.25, 0.3) is 0 Å². The minimum Gasteiger partial charge on any atom is -0.351 e. The number of anilines is 1. The Morgan fingerprint density at radius 3 is 2.45 bits per heavy atom. The zero-order chi connectivity index (χ0) is 15.0. The molecular formula is C14H22N4O2. The van der Waals surface area contributed by atoms with Crippen LogP contribution in [0.4, 0.5) is 10.5 Å². The normalized spacial score (nSPS) is 11.7. The second-order valence-electron chi connectivity index (χ2n) is 4.58. The highest BCUT2D eigenvalue weighted by Crippen LogP contribution is 2.15. The lowest BCUT2D eigenvalue weighted by Gasteiger charge is -2.15. The van der Waals surface area contributed by atoms with Gasteiger partial charge in [-0.05, 0) is 37.6 Å². The fraction of sp³-hybridized carbons (Fsp3) is 0.429. The summed E-state index contributed by atoms with van der Waals surface area (Å²) < 4.78 is 0. The molecule has 0 aromatic heterocycles. The lowest BCUT2D eigenvalue weighted by atomic mass is 10.1. The maximum atomic E-state index is 11.7. The quantitative estimate of drug-likeness (QED) is 0.567. The number of hydrogen-bond donors (Lipinski definition) is 4. The van der Waals surface area contributed by atoms with Gasteiger partial charge in [-0.1, -0.05) is 19.1 Å². The summed E-state index contributed by atoms with van der Waals surface area (Å²) >= 11 is 0. The van der Waals surface area contributed by atoms with Gasteiger partial charge in [-0.2, -0.15) is 0 Å². The highest BCUT2D eigenvalue weighted by molar-refractivity contribution is 5.87. The van der Waals surface area contributed by atoms with E-state index in [1.807, 2.05) is 19.1 Å². The maximum absolute atomic E-state index is 11.7. The summed E-state index contributed by atoms with van der Waals surface area (Å²) in [6, 6.07) is 6.50. The third kappa shape index (κ3) is 5.71. The summed E-state index contributed by atoms with van der Waals surface area (Å²) in [6.45, 7) is 5.11. The molecule has 0 radical (unpaired) electrons. The fourth-order valence-electron chi connectivity index (χ4n) is 1.75. The smallest absolute Gasteiger partial charge is 0.316 e. The number of carbonyl (C=O) groups is 2. The van der Waals surface area contributed by atoms with Gasteiger partial charge in [0.2, 0.25) is 5.91 Å². The molecule has 0 fully saturated rings. The molecule has 1 unspecified atom stereocenters. The third-order valence-electron chi connectivity index (χ3n) is 2.77. The van der Waals surface area contributed by atoms with Crippen LogP contribution in [0.1, 0.15) is 31.9 Å². The molecule has 0 spiro atoms. The van der Waals surface area contributed by atoms with Crippen molar-refractivity contribution in [1.82, 2.24) is 10.6 Å². The Bertz CT molecular complexity index is 445. The molecule has 0 aliphatic carbocycles. The Balaban J connectivity index is 2.48. The summed E-state index contributed by atoms with van der Waals surface area (Å²) in [6.07, 6.45) is 0.997. The van der Waals surface area contributed by atoms with Crippen molar-refractivity contribution in [3.63, 3.8) is 0 Å². The van der Waals surface area contributed by atoms with Gasteiger partial charge in [0, 0.05) is 5.69 Å². The lowest BCUT2D eigenvalue weighted by Crippen LogP contribution is -2.35. The van der Waals surface area contributed by atoms with Crippen LogP contribution in [0.5, 0.6) is 0 Å². The molecule has 0 saturated carbocycles. The van der Waals surface area contributed by atoms with Crippen LogP contribution in [0.15, 0.2) is 24.3 Å². The fourth-order valence-corrected chi connectivity index (χ4v) is 1.75. The first-order chi connectivity index (χ1) is 9.52. The Kier molecular flexibility index (Phi) is 6.52. The molecule has 5 N–H and O–H groups in total. The average Bonchev–Trinajstić information content (AvgIpc) is 2.39. The first kappa shape index (κ1) is 16.0. The van der Waals surface area contributed by atoms with Crippen molar-refractivity contribution in [2.24, 2.45) is 5.73 Å². The van der Waals surface area contributed by atoms with Crippen molar-refractivity contribution in [1.29, 1.82) is 0 Å². The van der Waals surface area contributed by atoms with E-state index in [0.717, 1.165) is 18.5 Å². The van der Waals surface area contributed by atoms with Crippen molar-refractivity contribution < 1.29 is 9.59 Å². The second kappa shape index (κ2) is 8.16. The Hall–Kier alpha value is -2.08. The van der Waals surface area contributed by atoms with E-state index in [9.17, 15) is 9.59 Å². The van der Waals surface area contributed by atoms with Crippen molar-refractivity contribution >= 4 is 17.6 Å². The summed E-state index contributed by atoms with van der Waals surface area (Å²) in [4.78, 5) is 22.4. The molecule has 1 aromatic rings. The van der Waals surface area contributed by atoms with E-state index < -0.39 is 6.03 Å². The molecule has 6 heteroatoms. The van der Waals surface area contributed by atoms with E-state index in [4.69, 9.17) is 5.73 Å². The van der Waals surface area contributed by atoms with Crippen LogP contribution in [0, 0.1) is 0 Å². The van der Waals surface area contributed by atoms with E-state index >= 15 is 0 Å². The molecule has 110 valence electrons. The number of amides is 3. The average molecular weight is 278 g/mol. The Labute approximate surface area is 119 Å². The molecule has 0 bridgehead atoms. The second-order valence-corrected chi connectivity index (χ2v) is 4.58. The Morgan fingerprint density at radius 2 is 1.90 bits per heavy atom. The largest absolute Gasteiger partial charge is 0.351 e. The van der Waals surface area contributed by atoms with Crippen molar-refractivity contribution in [2.75, 3.05) is 18.4 Å². The lowest BCUT2D eigenvalue weighted by molar-refractivity contribution is -0.120. The summed E-state index contributed by atoms with van der Waals surface area (Å²) in [5.41, 5.74) is 6.62.